The van der Waals surface area contributed by atoms with E-state index in [1.165, 1.54) is 24.8 Å². The van der Waals surface area contributed by atoms with E-state index >= 15 is 0 Å². The number of rotatable bonds is 5. The molecule has 5 rings (SSSR count). The second-order valence-electron chi connectivity index (χ2n) is 8.33. The van der Waals surface area contributed by atoms with Gasteiger partial charge in [-0.15, -0.1) is 0 Å². The Hall–Kier alpha value is -3.12. The van der Waals surface area contributed by atoms with Crippen molar-refractivity contribution >= 4 is 11.2 Å². The zero-order valence-electron chi connectivity index (χ0n) is 17.9. The highest BCUT2D eigenvalue weighted by molar-refractivity contribution is 5.69. The summed E-state index contributed by atoms with van der Waals surface area (Å²) < 4.78 is 12.3. The number of aromatic nitrogens is 2. The highest BCUT2D eigenvalue weighted by atomic mass is 16.5. The number of nitrogens with one attached hydrogen (secondary N) is 1. The van der Waals surface area contributed by atoms with Crippen molar-refractivity contribution in [3.05, 3.63) is 64.6 Å². The molecule has 6 nitrogen and oxygen atoms in total. The van der Waals surface area contributed by atoms with Gasteiger partial charge in [0, 0.05) is 30.4 Å². The molecule has 1 aromatic carbocycles. The SMILES string of the molecule is COc1ccc(-c2cc(=O)n3cc(C4=CCNC(C5CCC5)C4)ccc3n2)cc1OC. The van der Waals surface area contributed by atoms with Gasteiger partial charge in [0.15, 0.2) is 11.5 Å². The maximum Gasteiger partial charge on any atom is 0.258 e. The summed E-state index contributed by atoms with van der Waals surface area (Å²) in [5.74, 6) is 2.04. The number of hydrogen-bond acceptors (Lipinski definition) is 5. The topological polar surface area (TPSA) is 64.9 Å². The third-order valence-corrected chi connectivity index (χ3v) is 6.60. The Morgan fingerprint density at radius 2 is 1.84 bits per heavy atom. The van der Waals surface area contributed by atoms with Gasteiger partial charge in [-0.3, -0.25) is 9.20 Å². The van der Waals surface area contributed by atoms with Crippen LogP contribution in [0.5, 0.6) is 11.5 Å². The molecule has 1 N–H and O–H groups in total. The van der Waals surface area contributed by atoms with Crippen LogP contribution in [0, 0.1) is 5.92 Å². The van der Waals surface area contributed by atoms with Crippen LogP contribution in [0.2, 0.25) is 0 Å². The van der Waals surface area contributed by atoms with E-state index in [1.807, 2.05) is 30.5 Å². The minimum atomic E-state index is -0.0956. The summed E-state index contributed by atoms with van der Waals surface area (Å²) >= 11 is 0. The zero-order chi connectivity index (χ0) is 21.4. The van der Waals surface area contributed by atoms with Crippen LogP contribution in [0.3, 0.4) is 0 Å². The predicted octanol–water partition coefficient (Wildman–Crippen LogP) is 3.92. The third kappa shape index (κ3) is 3.72. The van der Waals surface area contributed by atoms with Gasteiger partial charge in [0.1, 0.15) is 5.65 Å². The van der Waals surface area contributed by atoms with E-state index in [4.69, 9.17) is 14.5 Å². The van der Waals surface area contributed by atoms with Gasteiger partial charge >= 0.3 is 0 Å². The molecule has 1 aliphatic heterocycles. The normalized spacial score (nSPS) is 19.0. The molecule has 3 aromatic rings. The summed E-state index contributed by atoms with van der Waals surface area (Å²) in [5.41, 5.74) is 4.37. The van der Waals surface area contributed by atoms with Crippen molar-refractivity contribution < 1.29 is 9.47 Å². The molecule has 3 heterocycles. The monoisotopic (exact) mass is 417 g/mol. The third-order valence-electron chi connectivity index (χ3n) is 6.60. The summed E-state index contributed by atoms with van der Waals surface area (Å²) in [6.07, 6.45) is 9.18. The molecule has 0 amide bonds. The molecule has 1 aliphatic carbocycles. The lowest BCUT2D eigenvalue weighted by molar-refractivity contribution is 0.232. The summed E-state index contributed by atoms with van der Waals surface area (Å²) in [5, 5.41) is 3.64. The van der Waals surface area contributed by atoms with E-state index in [-0.39, 0.29) is 5.56 Å². The molecule has 2 aliphatic rings. The number of nitrogens with zero attached hydrogens (tertiary/aromatic N) is 2. The lowest BCUT2D eigenvalue weighted by atomic mass is 9.76. The first-order valence-corrected chi connectivity index (χ1v) is 10.8. The molecular weight excluding hydrogens is 390 g/mol. The minimum Gasteiger partial charge on any atom is -0.493 e. The summed E-state index contributed by atoms with van der Waals surface area (Å²) in [4.78, 5) is 17.7. The van der Waals surface area contributed by atoms with Crippen LogP contribution in [-0.4, -0.2) is 36.2 Å². The van der Waals surface area contributed by atoms with Crippen molar-refractivity contribution in [3.8, 4) is 22.8 Å². The number of fused-ring (bicyclic) bond motifs is 1. The van der Waals surface area contributed by atoms with Gasteiger partial charge in [0.25, 0.3) is 5.56 Å². The molecule has 1 saturated carbocycles. The second kappa shape index (κ2) is 8.19. The Labute approximate surface area is 181 Å². The fraction of sp³-hybridized carbons (Fsp3) is 0.360. The summed E-state index contributed by atoms with van der Waals surface area (Å²) in [6, 6.07) is 11.7. The standard InChI is InChI=1S/C25H27N3O3/c1-30-22-8-6-18(13-23(22)31-2)21-14-25(29)28-15-19(7-9-24(28)27-21)17-10-11-26-20(12-17)16-4-3-5-16/h6-10,13-16,20,26H,3-5,11-12H2,1-2H3. The first-order chi connectivity index (χ1) is 15.2. The van der Waals surface area contributed by atoms with Crippen molar-refractivity contribution in [2.45, 2.75) is 31.7 Å². The Morgan fingerprint density at radius 1 is 1.03 bits per heavy atom. The van der Waals surface area contributed by atoms with Crippen LogP contribution in [0.25, 0.3) is 22.5 Å². The fourth-order valence-corrected chi connectivity index (χ4v) is 4.57. The van der Waals surface area contributed by atoms with Crippen molar-refractivity contribution in [2.24, 2.45) is 5.92 Å². The van der Waals surface area contributed by atoms with E-state index in [9.17, 15) is 4.79 Å². The summed E-state index contributed by atoms with van der Waals surface area (Å²) in [7, 11) is 3.19. The molecule has 160 valence electrons. The first-order valence-electron chi connectivity index (χ1n) is 10.8. The molecule has 0 bridgehead atoms. The number of methoxy groups -OCH3 is 2. The Balaban J connectivity index is 1.48. The van der Waals surface area contributed by atoms with E-state index in [1.54, 1.807) is 24.7 Å². The molecule has 6 heteroatoms. The smallest absolute Gasteiger partial charge is 0.258 e. The number of hydrogen-bond donors (Lipinski definition) is 1. The molecule has 0 saturated heterocycles. The van der Waals surface area contributed by atoms with Gasteiger partial charge in [-0.05, 0) is 66.6 Å². The lowest BCUT2D eigenvalue weighted by Gasteiger charge is -2.37. The largest absolute Gasteiger partial charge is 0.493 e. The van der Waals surface area contributed by atoms with E-state index in [0.29, 0.717) is 28.9 Å². The molecule has 1 unspecified atom stereocenters. The highest BCUT2D eigenvalue weighted by Gasteiger charge is 2.29. The average Bonchev–Trinajstić information content (AvgIpc) is 2.77. The maximum absolute atomic E-state index is 12.9. The Morgan fingerprint density at radius 3 is 2.58 bits per heavy atom. The van der Waals surface area contributed by atoms with Gasteiger partial charge in [-0.2, -0.15) is 0 Å². The van der Waals surface area contributed by atoms with Crippen LogP contribution in [0.15, 0.2) is 53.5 Å². The molecule has 0 radical (unpaired) electrons. The summed E-state index contributed by atoms with van der Waals surface area (Å²) in [6.45, 7) is 0.889. The molecule has 0 spiro atoms. The van der Waals surface area contributed by atoms with Crippen molar-refractivity contribution in [3.63, 3.8) is 0 Å². The first kappa shape index (κ1) is 19.8. The van der Waals surface area contributed by atoms with Gasteiger partial charge in [0.05, 0.1) is 19.9 Å². The molecule has 1 atom stereocenters. The second-order valence-corrected chi connectivity index (χ2v) is 8.33. The molecule has 2 aromatic heterocycles. The quantitative estimate of drug-likeness (QED) is 0.682. The fourth-order valence-electron chi connectivity index (χ4n) is 4.57. The minimum absolute atomic E-state index is 0.0956. The van der Waals surface area contributed by atoms with Crippen molar-refractivity contribution in [1.82, 2.24) is 14.7 Å². The number of ether oxygens (including phenoxy) is 2. The number of pyridine rings is 1. The van der Waals surface area contributed by atoms with Crippen LogP contribution in [-0.2, 0) is 0 Å². The molecular formula is C25H27N3O3. The van der Waals surface area contributed by atoms with Crippen LogP contribution in [0.4, 0.5) is 0 Å². The van der Waals surface area contributed by atoms with Crippen molar-refractivity contribution in [1.29, 1.82) is 0 Å². The van der Waals surface area contributed by atoms with Gasteiger partial charge in [-0.25, -0.2) is 4.98 Å². The average molecular weight is 418 g/mol. The predicted molar refractivity (Wildman–Crippen MR) is 122 cm³/mol. The highest BCUT2D eigenvalue weighted by Crippen LogP contribution is 2.35. The van der Waals surface area contributed by atoms with Gasteiger partial charge < -0.3 is 14.8 Å². The van der Waals surface area contributed by atoms with Gasteiger partial charge in [0.2, 0.25) is 0 Å². The van der Waals surface area contributed by atoms with Crippen molar-refractivity contribution in [2.75, 3.05) is 20.8 Å². The Kier molecular flexibility index (Phi) is 5.24. The van der Waals surface area contributed by atoms with E-state index in [0.717, 1.165) is 30.0 Å². The van der Waals surface area contributed by atoms with E-state index in [2.05, 4.69) is 17.5 Å². The van der Waals surface area contributed by atoms with Gasteiger partial charge in [-0.1, -0.05) is 12.5 Å². The number of benzene rings is 1. The lowest BCUT2D eigenvalue weighted by Crippen LogP contribution is -2.41. The van der Waals surface area contributed by atoms with Crippen LogP contribution < -0.4 is 20.3 Å². The maximum atomic E-state index is 12.9. The van der Waals surface area contributed by atoms with Crippen LogP contribution in [0.1, 0.15) is 31.2 Å². The van der Waals surface area contributed by atoms with E-state index < -0.39 is 0 Å². The van der Waals surface area contributed by atoms with Crippen LogP contribution >= 0.6 is 0 Å². The molecule has 1 fully saturated rings. The zero-order valence-corrected chi connectivity index (χ0v) is 17.9. The molecule has 31 heavy (non-hydrogen) atoms. The Bertz CT molecular complexity index is 1210.